The molecule has 3 N–H and O–H groups in total. The van der Waals surface area contributed by atoms with Crippen LogP contribution in [0.15, 0.2) is 0 Å². The average molecular weight is 128 g/mol. The zero-order valence-corrected chi connectivity index (χ0v) is 4.60. The number of amides is 2. The second-order valence-electron chi connectivity index (χ2n) is 1.75. The minimum absolute atomic E-state index is 0.134. The third-order valence-corrected chi connectivity index (χ3v) is 1.03. The van der Waals surface area contributed by atoms with Gasteiger partial charge in [-0.05, 0) is 0 Å². The predicted molar refractivity (Wildman–Crippen MR) is 28.0 cm³/mol. The van der Waals surface area contributed by atoms with E-state index in [0.717, 1.165) is 0 Å². The lowest BCUT2D eigenvalue weighted by atomic mass is 10.5. The predicted octanol–water partition coefficient (Wildman–Crippen LogP) is -2.16. The minimum atomic E-state index is -0.805. The normalized spacial score (nSPS) is 25.8. The Morgan fingerprint density at radius 1 is 1.78 bits per heavy atom. The first-order chi connectivity index (χ1) is 4.20. The van der Waals surface area contributed by atoms with Gasteiger partial charge in [-0.15, -0.1) is 0 Å². The second kappa shape index (κ2) is 2.02. The molecule has 9 heavy (non-hydrogen) atoms. The highest BCUT2D eigenvalue weighted by molar-refractivity contribution is 5.89. The van der Waals surface area contributed by atoms with Crippen molar-refractivity contribution in [2.75, 3.05) is 6.54 Å². The van der Waals surface area contributed by atoms with Gasteiger partial charge in [0.05, 0.1) is 6.54 Å². The smallest absolute Gasteiger partial charge is 0.275 e. The van der Waals surface area contributed by atoms with Crippen molar-refractivity contribution in [1.82, 2.24) is 16.4 Å². The van der Waals surface area contributed by atoms with E-state index >= 15 is 0 Å². The van der Waals surface area contributed by atoms with Crippen LogP contribution in [0.5, 0.6) is 0 Å². The summed E-state index contributed by atoms with van der Waals surface area (Å²) in [5, 5.41) is 4.77. The Morgan fingerprint density at radius 2 is 2.44 bits per heavy atom. The second-order valence-corrected chi connectivity index (χ2v) is 1.75. The fourth-order valence-electron chi connectivity index (χ4n) is 0.616. The van der Waals surface area contributed by atoms with Gasteiger partial charge in [-0.25, -0.2) is 0 Å². The molecule has 5 heteroatoms. The third kappa shape index (κ3) is 1.17. The molecule has 1 rings (SSSR count). The lowest BCUT2D eigenvalue weighted by Crippen LogP contribution is -2.40. The van der Waals surface area contributed by atoms with Crippen molar-refractivity contribution in [3.05, 3.63) is 0 Å². The monoisotopic (exact) mass is 128 g/mol. The SMILES string of the molecule is [NH]C(=O)C1NCC(=O)N1. The van der Waals surface area contributed by atoms with Crippen LogP contribution in [0.25, 0.3) is 0 Å². The van der Waals surface area contributed by atoms with Gasteiger partial charge in [-0.1, -0.05) is 0 Å². The molecule has 2 amide bonds. The average Bonchev–Trinajstić information content (AvgIpc) is 2.14. The van der Waals surface area contributed by atoms with E-state index in [0.29, 0.717) is 0 Å². The van der Waals surface area contributed by atoms with Crippen LogP contribution in [-0.4, -0.2) is 24.5 Å². The fraction of sp³-hybridized carbons (Fsp3) is 0.500. The fourth-order valence-corrected chi connectivity index (χ4v) is 0.616. The molecule has 0 aromatic carbocycles. The van der Waals surface area contributed by atoms with Crippen molar-refractivity contribution in [3.63, 3.8) is 0 Å². The summed E-state index contributed by atoms with van der Waals surface area (Å²) in [5.74, 6) is -1.04. The quantitative estimate of drug-likeness (QED) is 0.422. The van der Waals surface area contributed by atoms with Crippen LogP contribution in [0.4, 0.5) is 0 Å². The van der Waals surface area contributed by atoms with E-state index in [4.69, 9.17) is 5.73 Å². The number of carbonyl (C=O) groups is 2. The molecule has 0 bridgehead atoms. The summed E-state index contributed by atoms with van der Waals surface area (Å²) < 4.78 is 0. The molecule has 0 aromatic rings. The van der Waals surface area contributed by atoms with E-state index in [2.05, 4.69) is 10.6 Å². The number of nitrogens with one attached hydrogen (secondary N) is 3. The molecule has 0 aromatic heterocycles. The molecular weight excluding hydrogens is 122 g/mol. The molecule has 1 unspecified atom stereocenters. The molecule has 49 valence electrons. The summed E-state index contributed by atoms with van der Waals surface area (Å²) in [6, 6.07) is 0. The van der Waals surface area contributed by atoms with Crippen LogP contribution in [0.3, 0.4) is 0 Å². The largest absolute Gasteiger partial charge is 0.331 e. The van der Waals surface area contributed by atoms with Gasteiger partial charge < -0.3 is 5.32 Å². The molecule has 0 aliphatic carbocycles. The molecule has 1 atom stereocenters. The molecule has 1 aliphatic rings. The maximum atomic E-state index is 10.3. The highest BCUT2D eigenvalue weighted by Gasteiger charge is 2.24. The molecular formula is C4H6N3O2. The third-order valence-electron chi connectivity index (χ3n) is 1.03. The highest BCUT2D eigenvalue weighted by atomic mass is 16.2. The topological polar surface area (TPSA) is 82.0 Å². The van der Waals surface area contributed by atoms with Gasteiger partial charge in [-0.3, -0.25) is 20.6 Å². The maximum Gasteiger partial charge on any atom is 0.275 e. The van der Waals surface area contributed by atoms with Crippen LogP contribution in [0, 0.1) is 0 Å². The molecule has 1 aliphatic heterocycles. The molecule has 0 spiro atoms. The number of hydrogen-bond acceptors (Lipinski definition) is 3. The first kappa shape index (κ1) is 6.03. The van der Waals surface area contributed by atoms with Crippen LogP contribution >= 0.6 is 0 Å². The van der Waals surface area contributed by atoms with E-state index in [1.807, 2.05) is 0 Å². The molecule has 1 heterocycles. The van der Waals surface area contributed by atoms with Gasteiger partial charge in [0.1, 0.15) is 0 Å². The standard InChI is InChI=1S/C4H6N3O2/c5-3(9)4-6-1-2(8)7-4/h4-6H,1H2,(H,7,8). The van der Waals surface area contributed by atoms with Crippen molar-refractivity contribution in [2.45, 2.75) is 6.17 Å². The van der Waals surface area contributed by atoms with Gasteiger partial charge >= 0.3 is 0 Å². The maximum absolute atomic E-state index is 10.3. The lowest BCUT2D eigenvalue weighted by Gasteiger charge is -2.01. The Morgan fingerprint density at radius 3 is 2.67 bits per heavy atom. The first-order valence-electron chi connectivity index (χ1n) is 2.48. The van der Waals surface area contributed by atoms with E-state index in [-0.39, 0.29) is 12.5 Å². The van der Waals surface area contributed by atoms with Crippen LogP contribution in [-0.2, 0) is 9.59 Å². The van der Waals surface area contributed by atoms with Crippen molar-refractivity contribution < 1.29 is 9.59 Å². The Hall–Kier alpha value is -1.10. The van der Waals surface area contributed by atoms with Crippen molar-refractivity contribution in [2.24, 2.45) is 0 Å². The summed E-state index contributed by atoms with van der Waals surface area (Å²) in [5.41, 5.74) is 6.55. The zero-order chi connectivity index (χ0) is 6.85. The zero-order valence-electron chi connectivity index (χ0n) is 4.60. The Labute approximate surface area is 51.6 Å². The van der Waals surface area contributed by atoms with E-state index in [1.54, 1.807) is 0 Å². The molecule has 1 fully saturated rings. The number of rotatable bonds is 1. The molecule has 1 radical (unpaired) electrons. The summed E-state index contributed by atoms with van der Waals surface area (Å²) >= 11 is 0. The molecule has 5 nitrogen and oxygen atoms in total. The molecule has 1 saturated heterocycles. The van der Waals surface area contributed by atoms with E-state index < -0.39 is 12.1 Å². The van der Waals surface area contributed by atoms with Crippen molar-refractivity contribution in [3.8, 4) is 0 Å². The summed E-state index contributed by atoms with van der Waals surface area (Å²) in [6.45, 7) is 0.134. The number of hydrogen-bond donors (Lipinski definition) is 2. The summed E-state index contributed by atoms with van der Waals surface area (Å²) in [4.78, 5) is 20.5. The summed E-state index contributed by atoms with van der Waals surface area (Å²) in [6.07, 6.45) is -0.780. The van der Waals surface area contributed by atoms with Gasteiger partial charge in [0.2, 0.25) is 5.91 Å². The highest BCUT2D eigenvalue weighted by Crippen LogP contribution is 1.84. The van der Waals surface area contributed by atoms with E-state index in [1.165, 1.54) is 0 Å². The Kier molecular flexibility index (Phi) is 1.35. The molecule has 0 saturated carbocycles. The van der Waals surface area contributed by atoms with Crippen LogP contribution in [0.2, 0.25) is 0 Å². The van der Waals surface area contributed by atoms with Crippen molar-refractivity contribution >= 4 is 11.8 Å². The Balaban J connectivity index is 2.48. The van der Waals surface area contributed by atoms with Crippen LogP contribution in [0.1, 0.15) is 0 Å². The van der Waals surface area contributed by atoms with Gasteiger partial charge in [0.15, 0.2) is 6.17 Å². The summed E-state index contributed by atoms with van der Waals surface area (Å²) in [7, 11) is 0. The Bertz CT molecular complexity index is 156. The van der Waals surface area contributed by atoms with Gasteiger partial charge in [0.25, 0.3) is 5.91 Å². The number of carbonyl (C=O) groups excluding carboxylic acids is 2. The minimum Gasteiger partial charge on any atom is -0.331 e. The van der Waals surface area contributed by atoms with Crippen molar-refractivity contribution in [1.29, 1.82) is 0 Å². The first-order valence-corrected chi connectivity index (χ1v) is 2.48. The van der Waals surface area contributed by atoms with Gasteiger partial charge in [-0.2, -0.15) is 0 Å². The van der Waals surface area contributed by atoms with E-state index in [9.17, 15) is 9.59 Å². The lowest BCUT2D eigenvalue weighted by molar-refractivity contribution is -0.124. The van der Waals surface area contributed by atoms with Crippen LogP contribution < -0.4 is 16.4 Å². The van der Waals surface area contributed by atoms with Gasteiger partial charge in [0, 0.05) is 0 Å².